The van der Waals surface area contributed by atoms with Crippen LogP contribution in [0.5, 0.6) is 0 Å². The summed E-state index contributed by atoms with van der Waals surface area (Å²) >= 11 is 1.74. The van der Waals surface area contributed by atoms with E-state index in [0.29, 0.717) is 0 Å². The monoisotopic (exact) mass is 212 g/mol. The first-order valence-electron chi connectivity index (χ1n) is 5.17. The summed E-state index contributed by atoms with van der Waals surface area (Å²) < 4.78 is 0. The maximum atomic E-state index is 4.05. The minimum Gasteiger partial charge on any atom is -0.314 e. The molecule has 1 saturated carbocycles. The van der Waals surface area contributed by atoms with Crippen LogP contribution in [0.25, 0.3) is 0 Å². The molecule has 1 heterocycles. The van der Waals surface area contributed by atoms with E-state index in [2.05, 4.69) is 20.5 Å². The van der Waals surface area contributed by atoms with Gasteiger partial charge in [0.05, 0.1) is 0 Å². The largest absolute Gasteiger partial charge is 0.314 e. The molecule has 0 atom stereocenters. The molecule has 4 nitrogen and oxygen atoms in total. The molecule has 0 aliphatic heterocycles. The minimum absolute atomic E-state index is 0.844. The van der Waals surface area contributed by atoms with Gasteiger partial charge in [0.15, 0.2) is 5.16 Å². The number of aromatic amines is 1. The second kappa shape index (κ2) is 5.36. The van der Waals surface area contributed by atoms with Crippen LogP contribution in [0.15, 0.2) is 11.5 Å². The maximum Gasteiger partial charge on any atom is 0.183 e. The average Bonchev–Trinajstić information content (AvgIpc) is 2.87. The van der Waals surface area contributed by atoms with Gasteiger partial charge >= 0.3 is 0 Å². The number of nitrogens with one attached hydrogen (secondary N) is 2. The number of nitrogens with zero attached hydrogens (tertiary/aromatic N) is 2. The van der Waals surface area contributed by atoms with Crippen LogP contribution >= 0.6 is 11.8 Å². The standard InChI is InChI=1S/C9H16N4S/c1(5-10-8-3-4-8)2-6-14-9-11-7-12-13-9/h7-8,10H,1-6H2,(H,11,12,13). The SMILES string of the molecule is c1n[nH]c(SCCCCNC2CC2)n1. The lowest BCUT2D eigenvalue weighted by molar-refractivity contribution is 0.640. The first-order valence-corrected chi connectivity index (χ1v) is 6.15. The summed E-state index contributed by atoms with van der Waals surface area (Å²) in [6, 6.07) is 0.844. The first kappa shape index (κ1) is 9.98. The zero-order valence-electron chi connectivity index (χ0n) is 8.20. The van der Waals surface area contributed by atoms with Crippen molar-refractivity contribution in [3.63, 3.8) is 0 Å². The third-order valence-corrected chi connectivity index (χ3v) is 3.18. The van der Waals surface area contributed by atoms with Gasteiger partial charge in [-0.3, -0.25) is 5.10 Å². The van der Waals surface area contributed by atoms with E-state index < -0.39 is 0 Å². The lowest BCUT2D eigenvalue weighted by Gasteiger charge is -2.01. The Morgan fingerprint density at radius 1 is 1.50 bits per heavy atom. The highest BCUT2D eigenvalue weighted by Gasteiger charge is 2.19. The van der Waals surface area contributed by atoms with E-state index in [0.717, 1.165) is 17.0 Å². The van der Waals surface area contributed by atoms with Gasteiger partial charge in [-0.1, -0.05) is 11.8 Å². The topological polar surface area (TPSA) is 53.6 Å². The normalized spacial score (nSPS) is 16.0. The predicted octanol–water partition coefficient (Wildman–Crippen LogP) is 1.43. The lowest BCUT2D eigenvalue weighted by atomic mass is 10.3. The number of thioether (sulfide) groups is 1. The van der Waals surface area contributed by atoms with Crippen molar-refractivity contribution in [1.82, 2.24) is 20.5 Å². The van der Waals surface area contributed by atoms with Crippen molar-refractivity contribution < 1.29 is 0 Å². The van der Waals surface area contributed by atoms with Crippen LogP contribution in [0.3, 0.4) is 0 Å². The highest BCUT2D eigenvalue weighted by Crippen LogP contribution is 2.18. The summed E-state index contributed by atoms with van der Waals surface area (Å²) in [6.07, 6.45) is 6.82. The Balaban J connectivity index is 1.43. The molecule has 1 aliphatic carbocycles. The number of aromatic nitrogens is 3. The Hall–Kier alpha value is -0.550. The molecular formula is C9H16N4S. The Morgan fingerprint density at radius 2 is 2.43 bits per heavy atom. The van der Waals surface area contributed by atoms with Gasteiger partial charge in [-0.15, -0.1) is 0 Å². The van der Waals surface area contributed by atoms with Gasteiger partial charge in [0.2, 0.25) is 0 Å². The molecular weight excluding hydrogens is 196 g/mol. The molecule has 2 N–H and O–H groups in total. The van der Waals surface area contributed by atoms with Gasteiger partial charge < -0.3 is 5.32 Å². The first-order chi connectivity index (χ1) is 6.95. The fraction of sp³-hybridized carbons (Fsp3) is 0.778. The van der Waals surface area contributed by atoms with E-state index in [1.807, 2.05) is 0 Å². The van der Waals surface area contributed by atoms with Gasteiger partial charge in [-0.25, -0.2) is 4.98 Å². The molecule has 0 radical (unpaired) electrons. The summed E-state index contributed by atoms with van der Waals surface area (Å²) in [5.41, 5.74) is 0. The Bertz CT molecular complexity index is 245. The summed E-state index contributed by atoms with van der Waals surface area (Å²) in [7, 11) is 0. The molecule has 1 aromatic rings. The molecule has 0 saturated heterocycles. The zero-order chi connectivity index (χ0) is 9.64. The van der Waals surface area contributed by atoms with Gasteiger partial charge in [-0.05, 0) is 32.2 Å². The average molecular weight is 212 g/mol. The van der Waals surface area contributed by atoms with Crippen molar-refractivity contribution in [3.8, 4) is 0 Å². The van der Waals surface area contributed by atoms with Crippen LogP contribution in [-0.2, 0) is 0 Å². The molecule has 78 valence electrons. The molecule has 1 fully saturated rings. The molecule has 1 aliphatic rings. The van der Waals surface area contributed by atoms with Crippen molar-refractivity contribution in [3.05, 3.63) is 6.33 Å². The third kappa shape index (κ3) is 3.67. The Labute approximate surface area is 88.3 Å². The van der Waals surface area contributed by atoms with Crippen LogP contribution in [0, 0.1) is 0 Å². The molecule has 0 aromatic carbocycles. The molecule has 0 bridgehead atoms. The van der Waals surface area contributed by atoms with Crippen molar-refractivity contribution in [2.75, 3.05) is 12.3 Å². The summed E-state index contributed by atoms with van der Waals surface area (Å²) in [5, 5.41) is 11.1. The van der Waals surface area contributed by atoms with Crippen molar-refractivity contribution in [1.29, 1.82) is 0 Å². The second-order valence-corrected chi connectivity index (χ2v) is 4.66. The van der Waals surface area contributed by atoms with E-state index in [9.17, 15) is 0 Å². The van der Waals surface area contributed by atoms with Crippen molar-refractivity contribution >= 4 is 11.8 Å². The number of hydrogen-bond acceptors (Lipinski definition) is 4. The maximum absolute atomic E-state index is 4.05. The number of hydrogen-bond donors (Lipinski definition) is 2. The number of rotatable bonds is 7. The summed E-state index contributed by atoms with van der Waals surface area (Å²) in [6.45, 7) is 1.17. The smallest absolute Gasteiger partial charge is 0.183 e. The fourth-order valence-electron chi connectivity index (χ4n) is 1.25. The van der Waals surface area contributed by atoms with Gasteiger partial charge in [0.25, 0.3) is 0 Å². The predicted molar refractivity (Wildman–Crippen MR) is 57.4 cm³/mol. The van der Waals surface area contributed by atoms with E-state index in [1.54, 1.807) is 18.1 Å². The summed E-state index contributed by atoms with van der Waals surface area (Å²) in [4.78, 5) is 4.05. The molecule has 2 rings (SSSR count). The zero-order valence-corrected chi connectivity index (χ0v) is 9.02. The van der Waals surface area contributed by atoms with Crippen molar-refractivity contribution in [2.45, 2.75) is 36.9 Å². The van der Waals surface area contributed by atoms with E-state index >= 15 is 0 Å². The van der Waals surface area contributed by atoms with E-state index in [4.69, 9.17) is 0 Å². The molecule has 1 aromatic heterocycles. The van der Waals surface area contributed by atoms with Gasteiger partial charge in [0.1, 0.15) is 6.33 Å². The highest BCUT2D eigenvalue weighted by molar-refractivity contribution is 7.99. The molecule has 5 heteroatoms. The Kier molecular flexibility index (Phi) is 3.82. The van der Waals surface area contributed by atoms with E-state index in [-0.39, 0.29) is 0 Å². The lowest BCUT2D eigenvalue weighted by Crippen LogP contribution is -2.17. The Morgan fingerprint density at radius 3 is 3.14 bits per heavy atom. The van der Waals surface area contributed by atoms with Crippen LogP contribution in [0.4, 0.5) is 0 Å². The highest BCUT2D eigenvalue weighted by atomic mass is 32.2. The van der Waals surface area contributed by atoms with Crippen molar-refractivity contribution in [2.24, 2.45) is 0 Å². The van der Waals surface area contributed by atoms with Crippen LogP contribution in [0.2, 0.25) is 0 Å². The second-order valence-electron chi connectivity index (χ2n) is 3.57. The number of H-pyrrole nitrogens is 1. The van der Waals surface area contributed by atoms with Crippen LogP contribution in [-0.4, -0.2) is 33.5 Å². The molecule has 0 spiro atoms. The quantitative estimate of drug-likeness (QED) is 0.530. The van der Waals surface area contributed by atoms with Gasteiger partial charge in [0, 0.05) is 11.8 Å². The van der Waals surface area contributed by atoms with E-state index in [1.165, 1.54) is 32.2 Å². The third-order valence-electron chi connectivity index (χ3n) is 2.21. The molecule has 0 amide bonds. The van der Waals surface area contributed by atoms with Crippen LogP contribution in [0.1, 0.15) is 25.7 Å². The molecule has 0 unspecified atom stereocenters. The number of unbranched alkanes of at least 4 members (excludes halogenated alkanes) is 1. The molecule has 14 heavy (non-hydrogen) atoms. The fourth-order valence-corrected chi connectivity index (χ4v) is 2.03. The van der Waals surface area contributed by atoms with Gasteiger partial charge in [-0.2, -0.15) is 5.10 Å². The van der Waals surface area contributed by atoms with Crippen LogP contribution < -0.4 is 5.32 Å². The minimum atomic E-state index is 0.844. The summed E-state index contributed by atoms with van der Waals surface area (Å²) in [5.74, 6) is 1.13.